The van der Waals surface area contributed by atoms with Gasteiger partial charge in [-0.2, -0.15) is 0 Å². The molecule has 2 aromatic carbocycles. The molecule has 120 valence electrons. The second kappa shape index (κ2) is 6.55. The third kappa shape index (κ3) is 2.89. The number of nitrogens with zero attached hydrogens (tertiary/aromatic N) is 1. The minimum absolute atomic E-state index is 0.125. The Labute approximate surface area is 136 Å². The van der Waals surface area contributed by atoms with E-state index in [1.807, 2.05) is 6.07 Å². The summed E-state index contributed by atoms with van der Waals surface area (Å²) in [6.45, 7) is 5.78. The number of benzene rings is 2. The van der Waals surface area contributed by atoms with Crippen molar-refractivity contribution < 1.29 is 4.39 Å². The lowest BCUT2D eigenvalue weighted by atomic mass is 9.91. The number of para-hydroxylation sites is 1. The Bertz CT molecular complexity index is 820. The highest BCUT2D eigenvalue weighted by Crippen LogP contribution is 2.30. The lowest BCUT2D eigenvalue weighted by Crippen LogP contribution is -2.15. The summed E-state index contributed by atoms with van der Waals surface area (Å²) in [7, 11) is 0. The minimum Gasteiger partial charge on any atom is -0.345 e. The predicted octanol–water partition coefficient (Wildman–Crippen LogP) is 4.39. The van der Waals surface area contributed by atoms with Crippen molar-refractivity contribution in [3.8, 4) is 0 Å². The van der Waals surface area contributed by atoms with Gasteiger partial charge >= 0.3 is 0 Å². The molecule has 0 aliphatic carbocycles. The van der Waals surface area contributed by atoms with Gasteiger partial charge in [-0.05, 0) is 56.1 Å². The Morgan fingerprint density at radius 1 is 1.13 bits per heavy atom. The molecule has 3 rings (SSSR count). The number of rotatable bonds is 5. The van der Waals surface area contributed by atoms with Crippen molar-refractivity contribution in [2.75, 3.05) is 6.54 Å². The normalized spacial score (nSPS) is 12.7. The van der Waals surface area contributed by atoms with Crippen LogP contribution >= 0.6 is 0 Å². The van der Waals surface area contributed by atoms with Gasteiger partial charge in [0.25, 0.3) is 0 Å². The first-order valence-electron chi connectivity index (χ1n) is 8.18. The Kier molecular flexibility index (Phi) is 4.49. The molecule has 2 N–H and O–H groups in total. The maximum atomic E-state index is 13.5. The van der Waals surface area contributed by atoms with Gasteiger partial charge < -0.3 is 10.3 Å². The first-order valence-corrected chi connectivity index (χ1v) is 8.18. The molecule has 0 fully saturated rings. The van der Waals surface area contributed by atoms with Gasteiger partial charge in [0, 0.05) is 29.1 Å². The van der Waals surface area contributed by atoms with Crippen LogP contribution in [0.5, 0.6) is 0 Å². The van der Waals surface area contributed by atoms with Gasteiger partial charge in [0.2, 0.25) is 0 Å². The van der Waals surface area contributed by atoms with Gasteiger partial charge in [-0.1, -0.05) is 30.3 Å². The van der Waals surface area contributed by atoms with Gasteiger partial charge in [0.1, 0.15) is 5.82 Å². The summed E-state index contributed by atoms with van der Waals surface area (Å²) in [5.41, 5.74) is 10.8. The zero-order valence-corrected chi connectivity index (χ0v) is 13.7. The molecule has 3 aromatic rings. The van der Waals surface area contributed by atoms with Crippen molar-refractivity contribution in [3.63, 3.8) is 0 Å². The molecule has 0 saturated heterocycles. The Morgan fingerprint density at radius 2 is 1.91 bits per heavy atom. The Balaban J connectivity index is 2.05. The topological polar surface area (TPSA) is 30.9 Å². The fourth-order valence-electron chi connectivity index (χ4n) is 3.51. The molecule has 3 heteroatoms. The van der Waals surface area contributed by atoms with E-state index in [9.17, 15) is 4.39 Å². The van der Waals surface area contributed by atoms with Crippen molar-refractivity contribution >= 4 is 10.9 Å². The van der Waals surface area contributed by atoms with Crippen LogP contribution in [0.1, 0.15) is 29.7 Å². The van der Waals surface area contributed by atoms with Crippen molar-refractivity contribution in [3.05, 3.63) is 71.2 Å². The van der Waals surface area contributed by atoms with Crippen LogP contribution in [0.3, 0.4) is 0 Å². The standard InChI is InChI=1S/C20H23FN2/c1-3-23-14(2)19(18-9-4-5-10-20(18)23)12-16(13-22)15-7-6-8-17(21)11-15/h4-11,16H,3,12-13,22H2,1-2H3. The number of halogens is 1. The van der Waals surface area contributed by atoms with E-state index >= 15 is 0 Å². The lowest BCUT2D eigenvalue weighted by molar-refractivity contribution is 0.616. The molecule has 23 heavy (non-hydrogen) atoms. The van der Waals surface area contributed by atoms with E-state index in [4.69, 9.17) is 5.73 Å². The van der Waals surface area contributed by atoms with Gasteiger partial charge in [-0.15, -0.1) is 0 Å². The second-order valence-electron chi connectivity index (χ2n) is 6.02. The molecule has 2 nitrogen and oxygen atoms in total. The minimum atomic E-state index is -0.200. The zero-order chi connectivity index (χ0) is 16.4. The van der Waals surface area contributed by atoms with Crippen LogP contribution in [-0.4, -0.2) is 11.1 Å². The molecule has 1 atom stereocenters. The molecule has 0 bridgehead atoms. The molecular weight excluding hydrogens is 287 g/mol. The van der Waals surface area contributed by atoms with E-state index in [1.165, 1.54) is 28.2 Å². The molecule has 0 radical (unpaired) electrons. The van der Waals surface area contributed by atoms with Gasteiger partial charge in [0.05, 0.1) is 0 Å². The maximum Gasteiger partial charge on any atom is 0.123 e. The fourth-order valence-corrected chi connectivity index (χ4v) is 3.51. The summed E-state index contributed by atoms with van der Waals surface area (Å²) in [5, 5.41) is 1.28. The molecule has 0 aliphatic rings. The van der Waals surface area contributed by atoms with E-state index in [-0.39, 0.29) is 11.7 Å². The average molecular weight is 310 g/mol. The van der Waals surface area contributed by atoms with Crippen LogP contribution in [0.25, 0.3) is 10.9 Å². The number of hydrogen-bond acceptors (Lipinski definition) is 1. The Hall–Kier alpha value is -2.13. The highest BCUT2D eigenvalue weighted by molar-refractivity contribution is 5.85. The summed E-state index contributed by atoms with van der Waals surface area (Å²) in [5.74, 6) is -0.0748. The molecule has 0 spiro atoms. The van der Waals surface area contributed by atoms with Crippen LogP contribution in [0.15, 0.2) is 48.5 Å². The second-order valence-corrected chi connectivity index (χ2v) is 6.02. The number of nitrogens with two attached hydrogens (primary N) is 1. The predicted molar refractivity (Wildman–Crippen MR) is 94.2 cm³/mol. The molecule has 0 saturated carbocycles. The fraction of sp³-hybridized carbons (Fsp3) is 0.300. The SMILES string of the molecule is CCn1c(C)c(CC(CN)c2cccc(F)c2)c2ccccc21. The van der Waals surface area contributed by atoms with Crippen molar-refractivity contribution in [2.45, 2.75) is 32.7 Å². The van der Waals surface area contributed by atoms with Gasteiger partial charge in [-0.25, -0.2) is 4.39 Å². The van der Waals surface area contributed by atoms with Crippen molar-refractivity contribution in [2.24, 2.45) is 5.73 Å². The molecule has 0 amide bonds. The molecule has 0 aliphatic heterocycles. The van der Waals surface area contributed by atoms with Crippen LogP contribution in [0, 0.1) is 12.7 Å². The summed E-state index contributed by atoms with van der Waals surface area (Å²) in [4.78, 5) is 0. The van der Waals surface area contributed by atoms with E-state index in [0.717, 1.165) is 18.5 Å². The van der Waals surface area contributed by atoms with Crippen LogP contribution in [0.4, 0.5) is 4.39 Å². The van der Waals surface area contributed by atoms with Crippen LogP contribution < -0.4 is 5.73 Å². The van der Waals surface area contributed by atoms with E-state index in [2.05, 4.69) is 42.7 Å². The van der Waals surface area contributed by atoms with Gasteiger partial charge in [0.15, 0.2) is 0 Å². The van der Waals surface area contributed by atoms with Crippen LogP contribution in [0.2, 0.25) is 0 Å². The smallest absolute Gasteiger partial charge is 0.123 e. The molecule has 1 heterocycles. The first kappa shape index (κ1) is 15.8. The number of aryl methyl sites for hydroxylation is 1. The largest absolute Gasteiger partial charge is 0.345 e. The molecule has 1 unspecified atom stereocenters. The van der Waals surface area contributed by atoms with E-state index in [0.29, 0.717) is 6.54 Å². The number of fused-ring (bicyclic) bond motifs is 1. The maximum absolute atomic E-state index is 13.5. The molecular formula is C20H23FN2. The quantitative estimate of drug-likeness (QED) is 0.744. The number of aromatic nitrogens is 1. The van der Waals surface area contributed by atoms with Gasteiger partial charge in [-0.3, -0.25) is 0 Å². The molecule has 1 aromatic heterocycles. The summed E-state index contributed by atoms with van der Waals surface area (Å²) < 4.78 is 15.9. The lowest BCUT2D eigenvalue weighted by Gasteiger charge is -2.16. The summed E-state index contributed by atoms with van der Waals surface area (Å²) in [6, 6.07) is 15.3. The summed E-state index contributed by atoms with van der Waals surface area (Å²) in [6.07, 6.45) is 0.833. The highest BCUT2D eigenvalue weighted by Gasteiger charge is 2.18. The summed E-state index contributed by atoms with van der Waals surface area (Å²) >= 11 is 0. The average Bonchev–Trinajstić information content (AvgIpc) is 2.83. The first-order chi connectivity index (χ1) is 11.2. The third-order valence-corrected chi connectivity index (χ3v) is 4.73. The third-order valence-electron chi connectivity index (χ3n) is 4.73. The van der Waals surface area contributed by atoms with E-state index < -0.39 is 0 Å². The monoisotopic (exact) mass is 310 g/mol. The Morgan fingerprint density at radius 3 is 2.61 bits per heavy atom. The van der Waals surface area contributed by atoms with Crippen LogP contribution in [-0.2, 0) is 13.0 Å². The van der Waals surface area contributed by atoms with Crippen molar-refractivity contribution in [1.82, 2.24) is 4.57 Å². The number of hydrogen-bond donors (Lipinski definition) is 1. The zero-order valence-electron chi connectivity index (χ0n) is 13.7. The van der Waals surface area contributed by atoms with E-state index in [1.54, 1.807) is 12.1 Å². The van der Waals surface area contributed by atoms with Crippen molar-refractivity contribution in [1.29, 1.82) is 0 Å². The highest BCUT2D eigenvalue weighted by atomic mass is 19.1.